The van der Waals surface area contributed by atoms with Crippen LogP contribution in [-0.2, 0) is 4.79 Å². The number of benzene rings is 1. The van der Waals surface area contributed by atoms with Gasteiger partial charge in [-0.2, -0.15) is 0 Å². The fraction of sp³-hybridized carbons (Fsp3) is 0.294. The van der Waals surface area contributed by atoms with E-state index in [9.17, 15) is 4.79 Å². The van der Waals surface area contributed by atoms with Gasteiger partial charge in [0.2, 0.25) is 0 Å². The monoisotopic (exact) mass is 426 g/mol. The van der Waals surface area contributed by atoms with Gasteiger partial charge in [0.25, 0.3) is 0 Å². The average Bonchev–Trinajstić information content (AvgIpc) is 3.04. The van der Waals surface area contributed by atoms with Crippen LogP contribution in [0.5, 0.6) is 0 Å². The summed E-state index contributed by atoms with van der Waals surface area (Å²) < 4.78 is -0.529. The summed E-state index contributed by atoms with van der Waals surface area (Å²) in [5.74, 6) is 0.263. The van der Waals surface area contributed by atoms with Crippen molar-refractivity contribution in [2.75, 3.05) is 0 Å². The number of carbonyl (C=O) groups excluding carboxylic acids is 1. The zero-order valence-corrected chi connectivity index (χ0v) is 15.5. The van der Waals surface area contributed by atoms with Gasteiger partial charge in [0.15, 0.2) is 5.78 Å². The Kier molecular flexibility index (Phi) is 4.67. The van der Waals surface area contributed by atoms with Gasteiger partial charge < -0.3 is 0 Å². The summed E-state index contributed by atoms with van der Waals surface area (Å²) in [7, 11) is -0.108. The number of Topliss-reactive ketones (excluding diaryl/α,β-unsaturated/α-hetero) is 1. The maximum atomic E-state index is 13.1. The number of hydrogen-bond acceptors (Lipinski definition) is 1. The molecule has 0 bridgehead atoms. The number of rotatable bonds is 2. The molecule has 3 rings (SSSR count). The average molecular weight is 428 g/mol. The highest BCUT2D eigenvalue weighted by molar-refractivity contribution is 9.12. The molecule has 0 saturated heterocycles. The zero-order chi connectivity index (χ0) is 14.9. The molecule has 110 valence electrons. The van der Waals surface area contributed by atoms with Crippen molar-refractivity contribution in [3.8, 4) is 0 Å². The van der Waals surface area contributed by atoms with E-state index in [-0.39, 0.29) is 21.1 Å². The van der Waals surface area contributed by atoms with E-state index in [4.69, 9.17) is 0 Å². The van der Waals surface area contributed by atoms with Crippen LogP contribution in [-0.4, -0.2) is 15.0 Å². The minimum Gasteiger partial charge on any atom is -0.292 e. The maximum Gasteiger partial charge on any atom is 0.183 e. The SMILES string of the molecule is O=C1C(=S2C=CC=C2)CCCC1(Br)C(Br)c1ccccc1. The molecule has 4 heteroatoms. The van der Waals surface area contributed by atoms with Crippen molar-refractivity contribution < 1.29 is 4.79 Å². The molecular formula is C17H16Br2OS. The smallest absolute Gasteiger partial charge is 0.183 e. The number of halogens is 2. The van der Waals surface area contributed by atoms with Gasteiger partial charge in [-0.25, -0.2) is 0 Å². The molecule has 2 atom stereocenters. The van der Waals surface area contributed by atoms with Crippen molar-refractivity contribution in [3.63, 3.8) is 0 Å². The Morgan fingerprint density at radius 2 is 1.81 bits per heavy atom. The summed E-state index contributed by atoms with van der Waals surface area (Å²) in [6.45, 7) is 0. The first kappa shape index (κ1) is 15.4. The Morgan fingerprint density at radius 1 is 1.14 bits per heavy atom. The molecule has 2 aliphatic rings. The first-order chi connectivity index (χ1) is 10.1. The van der Waals surface area contributed by atoms with Crippen LogP contribution in [0.25, 0.3) is 0 Å². The van der Waals surface area contributed by atoms with Gasteiger partial charge in [0.1, 0.15) is 4.32 Å². The number of ketones is 1. The number of alkyl halides is 2. The number of allylic oxidation sites excluding steroid dienone is 2. The number of carbonyl (C=O) groups is 1. The molecule has 1 aromatic carbocycles. The minimum absolute atomic E-state index is 0.00633. The van der Waals surface area contributed by atoms with E-state index in [0.29, 0.717) is 0 Å². The minimum atomic E-state index is -0.529. The van der Waals surface area contributed by atoms with E-state index in [1.165, 1.54) is 0 Å². The van der Waals surface area contributed by atoms with Crippen molar-refractivity contribution >= 4 is 53.0 Å². The van der Waals surface area contributed by atoms with Gasteiger partial charge in [-0.1, -0.05) is 74.3 Å². The van der Waals surface area contributed by atoms with E-state index in [0.717, 1.165) is 29.7 Å². The van der Waals surface area contributed by atoms with Crippen molar-refractivity contribution in [2.45, 2.75) is 28.4 Å². The molecular weight excluding hydrogens is 412 g/mol. The summed E-state index contributed by atoms with van der Waals surface area (Å²) in [6.07, 6.45) is 6.91. The molecule has 1 aliphatic carbocycles. The molecule has 2 unspecified atom stereocenters. The maximum absolute atomic E-state index is 13.1. The zero-order valence-electron chi connectivity index (χ0n) is 11.5. The van der Waals surface area contributed by atoms with Gasteiger partial charge in [0.05, 0.1) is 4.83 Å². The Balaban J connectivity index is 1.97. The molecule has 0 aromatic heterocycles. The van der Waals surface area contributed by atoms with Crippen molar-refractivity contribution in [1.82, 2.24) is 0 Å². The topological polar surface area (TPSA) is 17.1 Å². The first-order valence-electron chi connectivity index (χ1n) is 6.98. The largest absolute Gasteiger partial charge is 0.292 e. The van der Waals surface area contributed by atoms with Crippen LogP contribution in [0, 0.1) is 0 Å². The molecule has 1 heterocycles. The van der Waals surface area contributed by atoms with Gasteiger partial charge in [-0.3, -0.25) is 4.79 Å². The molecule has 1 saturated carbocycles. The normalized spacial score (nSPS) is 27.3. The van der Waals surface area contributed by atoms with E-state index in [1.54, 1.807) is 0 Å². The molecule has 0 amide bonds. The lowest BCUT2D eigenvalue weighted by Gasteiger charge is -2.36. The van der Waals surface area contributed by atoms with Crippen LogP contribution in [0.1, 0.15) is 29.7 Å². The van der Waals surface area contributed by atoms with Gasteiger partial charge in [-0.15, -0.1) is 10.5 Å². The van der Waals surface area contributed by atoms with Crippen molar-refractivity contribution in [1.29, 1.82) is 0 Å². The third-order valence-electron chi connectivity index (χ3n) is 3.92. The lowest BCUT2D eigenvalue weighted by molar-refractivity contribution is -0.115. The van der Waals surface area contributed by atoms with Crippen LogP contribution in [0.3, 0.4) is 0 Å². The number of hydrogen-bond donors (Lipinski definition) is 0. The van der Waals surface area contributed by atoms with Crippen LogP contribution in [0.4, 0.5) is 0 Å². The molecule has 0 radical (unpaired) electrons. The highest BCUT2D eigenvalue weighted by Gasteiger charge is 2.46. The van der Waals surface area contributed by atoms with Crippen molar-refractivity contribution in [2.24, 2.45) is 0 Å². The highest BCUT2D eigenvalue weighted by Crippen LogP contribution is 2.48. The molecule has 21 heavy (non-hydrogen) atoms. The fourth-order valence-electron chi connectivity index (χ4n) is 2.79. The fourth-order valence-corrected chi connectivity index (χ4v) is 6.16. The van der Waals surface area contributed by atoms with Crippen LogP contribution in [0.2, 0.25) is 0 Å². The predicted octanol–water partition coefficient (Wildman–Crippen LogP) is 5.49. The standard InChI is InChI=1S/C17H16Br2OS/c18-15(13-7-2-1-3-8-13)17(19)10-6-9-14(16(17)20)21-11-4-5-12-21/h1-5,7-8,11-12,15H,6,9-10H2. The van der Waals surface area contributed by atoms with E-state index in [1.807, 2.05) is 30.4 Å². The van der Waals surface area contributed by atoms with Crippen LogP contribution >= 0.6 is 42.3 Å². The highest BCUT2D eigenvalue weighted by atomic mass is 79.9. The summed E-state index contributed by atoms with van der Waals surface area (Å²) in [5.41, 5.74) is 1.14. The summed E-state index contributed by atoms with van der Waals surface area (Å²) in [6, 6.07) is 10.2. The first-order valence-corrected chi connectivity index (χ1v) is 10.0. The molecule has 1 aromatic rings. The van der Waals surface area contributed by atoms with Crippen LogP contribution < -0.4 is 0 Å². The second kappa shape index (κ2) is 6.35. The lowest BCUT2D eigenvalue weighted by atomic mass is 9.83. The Bertz CT molecular complexity index is 634. The quantitative estimate of drug-likeness (QED) is 0.450. The van der Waals surface area contributed by atoms with Crippen LogP contribution in [0.15, 0.2) is 53.3 Å². The summed E-state index contributed by atoms with van der Waals surface area (Å²) in [5, 5.41) is 4.27. The third-order valence-corrected chi connectivity index (χ3v) is 8.91. The van der Waals surface area contributed by atoms with Gasteiger partial charge in [0, 0.05) is 4.86 Å². The Hall–Kier alpha value is -0.450. The lowest BCUT2D eigenvalue weighted by Crippen LogP contribution is -2.44. The third kappa shape index (κ3) is 2.90. The molecule has 1 aliphatic heterocycles. The second-order valence-electron chi connectivity index (χ2n) is 5.27. The second-order valence-corrected chi connectivity index (χ2v) is 9.38. The van der Waals surface area contributed by atoms with E-state index in [2.05, 4.69) is 54.8 Å². The van der Waals surface area contributed by atoms with Crippen molar-refractivity contribution in [3.05, 3.63) is 58.9 Å². The van der Waals surface area contributed by atoms with Gasteiger partial charge >= 0.3 is 0 Å². The summed E-state index contributed by atoms with van der Waals surface area (Å²) in [4.78, 5) is 14.1. The Labute approximate surface area is 144 Å². The molecule has 1 nitrogen and oxygen atoms in total. The molecule has 0 N–H and O–H groups in total. The van der Waals surface area contributed by atoms with E-state index < -0.39 is 4.32 Å². The predicted molar refractivity (Wildman–Crippen MR) is 99.5 cm³/mol. The molecule has 1 fully saturated rings. The van der Waals surface area contributed by atoms with E-state index >= 15 is 0 Å². The Morgan fingerprint density at radius 3 is 2.48 bits per heavy atom. The summed E-state index contributed by atoms with van der Waals surface area (Å²) >= 11 is 7.56. The van der Waals surface area contributed by atoms with Gasteiger partial charge in [-0.05, 0) is 35.6 Å². The molecule has 0 spiro atoms.